The first-order valence-corrected chi connectivity index (χ1v) is 13.6. The molecule has 0 aliphatic rings. The monoisotopic (exact) mass is 547 g/mol. The molecule has 0 spiro atoms. The molecule has 0 aromatic heterocycles. The Bertz CT molecular complexity index is 1160. The van der Waals surface area contributed by atoms with E-state index in [4.69, 9.17) is 34.8 Å². The number of amides is 2. The highest BCUT2D eigenvalue weighted by atomic mass is 35.5. The molecule has 0 fully saturated rings. The van der Waals surface area contributed by atoms with Crippen LogP contribution in [0.25, 0.3) is 0 Å². The third kappa shape index (κ3) is 7.50. The van der Waals surface area contributed by atoms with Crippen molar-refractivity contribution in [2.75, 3.05) is 23.7 Å². The molecular weight excluding hydrogens is 521 g/mol. The molecule has 0 aliphatic heterocycles. The molecule has 2 rings (SSSR count). The molecule has 34 heavy (non-hydrogen) atoms. The SMILES string of the molecule is CCCNC(=O)[C@@H](C)N(Cc1cccc(C)c1)C(=O)CN(c1cc(Cl)c(Cl)cc1Cl)S(C)(=O)=O. The van der Waals surface area contributed by atoms with Crippen LogP contribution in [0.1, 0.15) is 31.4 Å². The van der Waals surface area contributed by atoms with Crippen molar-refractivity contribution in [3.05, 3.63) is 62.6 Å². The summed E-state index contributed by atoms with van der Waals surface area (Å²) in [6.45, 7) is 5.46. The quantitative estimate of drug-likeness (QED) is 0.437. The Morgan fingerprint density at radius 3 is 2.29 bits per heavy atom. The number of rotatable bonds is 10. The van der Waals surface area contributed by atoms with Gasteiger partial charge < -0.3 is 10.2 Å². The molecule has 1 atom stereocenters. The van der Waals surface area contributed by atoms with Crippen LogP contribution in [0.5, 0.6) is 0 Å². The van der Waals surface area contributed by atoms with Gasteiger partial charge in [-0.1, -0.05) is 71.6 Å². The molecular formula is C23H28Cl3N3O4S. The van der Waals surface area contributed by atoms with Crippen molar-refractivity contribution < 1.29 is 18.0 Å². The van der Waals surface area contributed by atoms with Crippen molar-refractivity contribution >= 4 is 62.3 Å². The minimum Gasteiger partial charge on any atom is -0.354 e. The van der Waals surface area contributed by atoms with Gasteiger partial charge in [0.25, 0.3) is 0 Å². The van der Waals surface area contributed by atoms with Crippen LogP contribution in [0.2, 0.25) is 15.1 Å². The van der Waals surface area contributed by atoms with Gasteiger partial charge in [-0.2, -0.15) is 0 Å². The van der Waals surface area contributed by atoms with Gasteiger partial charge in [0.2, 0.25) is 21.8 Å². The molecule has 0 aliphatic carbocycles. The van der Waals surface area contributed by atoms with Gasteiger partial charge in [-0.25, -0.2) is 8.42 Å². The number of carbonyl (C=O) groups is 2. The molecule has 0 saturated carbocycles. The first-order valence-electron chi connectivity index (χ1n) is 10.6. The summed E-state index contributed by atoms with van der Waals surface area (Å²) in [4.78, 5) is 27.5. The van der Waals surface area contributed by atoms with Gasteiger partial charge in [0.15, 0.2) is 0 Å². The van der Waals surface area contributed by atoms with E-state index in [0.29, 0.717) is 6.54 Å². The van der Waals surface area contributed by atoms with Crippen molar-refractivity contribution in [3.8, 4) is 0 Å². The summed E-state index contributed by atoms with van der Waals surface area (Å²) in [5, 5.41) is 3.04. The first-order chi connectivity index (χ1) is 15.8. The number of anilines is 1. The predicted molar refractivity (Wildman–Crippen MR) is 138 cm³/mol. The lowest BCUT2D eigenvalue weighted by molar-refractivity contribution is -0.139. The van der Waals surface area contributed by atoms with Crippen LogP contribution in [0.4, 0.5) is 5.69 Å². The predicted octanol–water partition coefficient (Wildman–Crippen LogP) is 4.66. The smallest absolute Gasteiger partial charge is 0.244 e. The summed E-state index contributed by atoms with van der Waals surface area (Å²) in [5.74, 6) is -0.908. The van der Waals surface area contributed by atoms with E-state index >= 15 is 0 Å². The maximum Gasteiger partial charge on any atom is 0.244 e. The average Bonchev–Trinajstić information content (AvgIpc) is 2.75. The number of sulfonamides is 1. The van der Waals surface area contributed by atoms with Gasteiger partial charge in [-0.05, 0) is 38.0 Å². The molecule has 0 radical (unpaired) electrons. The molecule has 0 bridgehead atoms. The van der Waals surface area contributed by atoms with Crippen molar-refractivity contribution in [2.45, 2.75) is 39.8 Å². The van der Waals surface area contributed by atoms with Crippen LogP contribution in [-0.4, -0.2) is 50.5 Å². The summed E-state index contributed by atoms with van der Waals surface area (Å²) in [7, 11) is -3.94. The second-order valence-electron chi connectivity index (χ2n) is 7.97. The van der Waals surface area contributed by atoms with E-state index in [1.165, 1.54) is 17.0 Å². The molecule has 0 unspecified atom stereocenters. The maximum atomic E-state index is 13.5. The Hall–Kier alpha value is -2.00. The summed E-state index contributed by atoms with van der Waals surface area (Å²) >= 11 is 18.3. The standard InChI is InChI=1S/C23H28Cl3N3O4S/c1-5-9-27-23(31)16(3)28(13-17-8-6-7-15(2)10-17)22(30)14-29(34(4,32)33)21-12-19(25)18(24)11-20(21)26/h6-8,10-12,16H,5,9,13-14H2,1-4H3,(H,27,31)/t16-/m1/s1. The number of hydrogen-bond donors (Lipinski definition) is 1. The average molecular weight is 549 g/mol. The van der Waals surface area contributed by atoms with Gasteiger partial charge in [-0.15, -0.1) is 0 Å². The van der Waals surface area contributed by atoms with E-state index in [1.807, 2.05) is 38.1 Å². The molecule has 7 nitrogen and oxygen atoms in total. The molecule has 2 aromatic rings. The van der Waals surface area contributed by atoms with E-state index in [9.17, 15) is 18.0 Å². The number of hydrogen-bond acceptors (Lipinski definition) is 4. The fraction of sp³-hybridized carbons (Fsp3) is 0.391. The van der Waals surface area contributed by atoms with Crippen LogP contribution in [0.15, 0.2) is 36.4 Å². The van der Waals surface area contributed by atoms with Crippen molar-refractivity contribution in [1.82, 2.24) is 10.2 Å². The minimum absolute atomic E-state index is 0.0190. The van der Waals surface area contributed by atoms with Gasteiger partial charge in [-0.3, -0.25) is 13.9 Å². The molecule has 2 aromatic carbocycles. The molecule has 11 heteroatoms. The Kier molecular flexibility index (Phi) is 10.1. The largest absolute Gasteiger partial charge is 0.354 e. The number of nitrogens with zero attached hydrogens (tertiary/aromatic N) is 2. The Labute approximate surface area is 216 Å². The second kappa shape index (κ2) is 12.1. The first kappa shape index (κ1) is 28.2. The van der Waals surface area contributed by atoms with Gasteiger partial charge in [0.1, 0.15) is 12.6 Å². The van der Waals surface area contributed by atoms with E-state index in [-0.39, 0.29) is 33.2 Å². The lowest BCUT2D eigenvalue weighted by Crippen LogP contribution is -2.51. The van der Waals surface area contributed by atoms with E-state index in [0.717, 1.165) is 28.1 Å². The maximum absolute atomic E-state index is 13.5. The van der Waals surface area contributed by atoms with Crippen molar-refractivity contribution in [1.29, 1.82) is 0 Å². The van der Waals surface area contributed by atoms with Crippen LogP contribution in [0.3, 0.4) is 0 Å². The van der Waals surface area contributed by atoms with E-state index in [2.05, 4.69) is 5.32 Å². The summed E-state index contributed by atoms with van der Waals surface area (Å²) in [6.07, 6.45) is 1.70. The molecule has 186 valence electrons. The highest BCUT2D eigenvalue weighted by molar-refractivity contribution is 7.92. The Balaban J connectivity index is 2.44. The fourth-order valence-corrected chi connectivity index (χ4v) is 4.83. The highest BCUT2D eigenvalue weighted by Crippen LogP contribution is 2.35. The number of halogens is 3. The number of carbonyl (C=O) groups excluding carboxylic acids is 2. The molecule has 0 heterocycles. The lowest BCUT2D eigenvalue weighted by atomic mass is 10.1. The zero-order chi connectivity index (χ0) is 25.6. The molecule has 0 saturated heterocycles. The zero-order valence-corrected chi connectivity index (χ0v) is 22.5. The normalized spacial score (nSPS) is 12.2. The van der Waals surface area contributed by atoms with E-state index < -0.39 is 28.5 Å². The summed E-state index contributed by atoms with van der Waals surface area (Å²) in [6, 6.07) is 9.29. The second-order valence-corrected chi connectivity index (χ2v) is 11.1. The van der Waals surface area contributed by atoms with Gasteiger partial charge >= 0.3 is 0 Å². The third-order valence-corrected chi connectivity index (χ3v) is 7.24. The molecule has 1 N–H and O–H groups in total. The lowest BCUT2D eigenvalue weighted by Gasteiger charge is -2.31. The zero-order valence-electron chi connectivity index (χ0n) is 19.4. The van der Waals surface area contributed by atoms with Gasteiger partial charge in [0, 0.05) is 13.1 Å². The topological polar surface area (TPSA) is 86.8 Å². The third-order valence-electron chi connectivity index (χ3n) is 5.09. The molecule has 2 amide bonds. The van der Waals surface area contributed by atoms with Crippen LogP contribution in [-0.2, 0) is 26.2 Å². The number of benzene rings is 2. The summed E-state index contributed by atoms with van der Waals surface area (Å²) < 4.78 is 26.1. The van der Waals surface area contributed by atoms with Gasteiger partial charge in [0.05, 0.1) is 27.0 Å². The van der Waals surface area contributed by atoms with Crippen LogP contribution >= 0.6 is 34.8 Å². The van der Waals surface area contributed by atoms with E-state index in [1.54, 1.807) is 6.92 Å². The number of nitrogens with one attached hydrogen (secondary N) is 1. The van der Waals surface area contributed by atoms with Crippen LogP contribution < -0.4 is 9.62 Å². The fourth-order valence-electron chi connectivity index (χ4n) is 3.28. The minimum atomic E-state index is -3.94. The summed E-state index contributed by atoms with van der Waals surface area (Å²) in [5.41, 5.74) is 1.82. The number of aryl methyl sites for hydroxylation is 1. The Morgan fingerprint density at radius 2 is 1.71 bits per heavy atom. The van der Waals surface area contributed by atoms with Crippen molar-refractivity contribution in [2.24, 2.45) is 0 Å². The van der Waals surface area contributed by atoms with Crippen LogP contribution in [0, 0.1) is 6.92 Å². The Morgan fingerprint density at radius 1 is 1.06 bits per heavy atom. The highest BCUT2D eigenvalue weighted by Gasteiger charge is 2.31. The van der Waals surface area contributed by atoms with Crippen molar-refractivity contribution in [3.63, 3.8) is 0 Å².